The van der Waals surface area contributed by atoms with E-state index in [0.29, 0.717) is 17.9 Å². The lowest BCUT2D eigenvalue weighted by Crippen LogP contribution is -2.21. The molecule has 30 heavy (non-hydrogen) atoms. The van der Waals surface area contributed by atoms with Crippen LogP contribution in [0.5, 0.6) is 5.75 Å². The Labute approximate surface area is 175 Å². The molecule has 0 atom stereocenters. The van der Waals surface area contributed by atoms with Crippen LogP contribution in [0.4, 0.5) is 5.69 Å². The van der Waals surface area contributed by atoms with Gasteiger partial charge in [-0.25, -0.2) is 0 Å². The van der Waals surface area contributed by atoms with Gasteiger partial charge >= 0.3 is 0 Å². The summed E-state index contributed by atoms with van der Waals surface area (Å²) >= 11 is 0. The molecule has 0 radical (unpaired) electrons. The molecular weight excluding hydrogens is 378 g/mol. The Balaban J connectivity index is 1.51. The first-order chi connectivity index (χ1) is 14.5. The Hall–Kier alpha value is -3.93. The van der Waals surface area contributed by atoms with Gasteiger partial charge in [0.05, 0.1) is 0 Å². The molecule has 0 bridgehead atoms. The number of anilines is 1. The third kappa shape index (κ3) is 6.04. The third-order valence-corrected chi connectivity index (χ3v) is 4.27. The summed E-state index contributed by atoms with van der Waals surface area (Å²) in [5, 5.41) is 2.78. The minimum absolute atomic E-state index is 0.0824. The molecule has 0 unspecified atom stereocenters. The second-order valence-corrected chi connectivity index (χ2v) is 6.81. The molecule has 0 spiro atoms. The Kier molecular flexibility index (Phi) is 6.95. The number of aromatic nitrogens is 1. The normalized spacial score (nSPS) is 10.6. The zero-order valence-corrected chi connectivity index (χ0v) is 16.9. The van der Waals surface area contributed by atoms with E-state index in [2.05, 4.69) is 10.3 Å². The molecule has 0 fully saturated rings. The molecule has 0 saturated heterocycles. The molecule has 2 amide bonds. The Morgan fingerprint density at radius 2 is 1.63 bits per heavy atom. The number of nitrogens with zero attached hydrogens (tertiary/aromatic N) is 2. The highest BCUT2D eigenvalue weighted by atomic mass is 16.5. The molecule has 3 rings (SSSR count). The molecule has 3 aromatic rings. The first-order valence-corrected chi connectivity index (χ1v) is 9.44. The van der Waals surface area contributed by atoms with Crippen molar-refractivity contribution in [3.63, 3.8) is 0 Å². The van der Waals surface area contributed by atoms with E-state index < -0.39 is 0 Å². The van der Waals surface area contributed by atoms with Gasteiger partial charge in [-0.1, -0.05) is 12.1 Å². The molecule has 0 saturated carbocycles. The van der Waals surface area contributed by atoms with Crippen molar-refractivity contribution in [1.82, 2.24) is 9.88 Å². The SMILES string of the molecule is CN(C)C(=O)c1ccc(NC(=O)C=Cc2ccc(OCc3ccncc3)cc2)cc1. The number of hydrogen-bond acceptors (Lipinski definition) is 4. The first-order valence-electron chi connectivity index (χ1n) is 9.44. The van der Waals surface area contributed by atoms with E-state index >= 15 is 0 Å². The number of pyridine rings is 1. The minimum Gasteiger partial charge on any atom is -0.489 e. The molecule has 0 aliphatic heterocycles. The van der Waals surface area contributed by atoms with Gasteiger partial charge in [0, 0.05) is 43.8 Å². The van der Waals surface area contributed by atoms with Crippen molar-refractivity contribution in [3.05, 3.63) is 95.8 Å². The predicted octanol–water partition coefficient (Wildman–Crippen LogP) is 4.01. The maximum atomic E-state index is 12.1. The maximum Gasteiger partial charge on any atom is 0.253 e. The number of carbonyl (C=O) groups is 2. The molecule has 6 heteroatoms. The van der Waals surface area contributed by atoms with Crippen LogP contribution in [0.25, 0.3) is 6.08 Å². The highest BCUT2D eigenvalue weighted by molar-refractivity contribution is 6.02. The average Bonchev–Trinajstić information content (AvgIpc) is 2.77. The molecule has 1 aromatic heterocycles. The summed E-state index contributed by atoms with van der Waals surface area (Å²) in [7, 11) is 3.39. The van der Waals surface area contributed by atoms with Gasteiger partial charge in [-0.15, -0.1) is 0 Å². The number of rotatable bonds is 7. The molecule has 1 N–H and O–H groups in total. The number of ether oxygens (including phenoxy) is 1. The summed E-state index contributed by atoms with van der Waals surface area (Å²) in [6.07, 6.45) is 6.66. The molecule has 0 aliphatic carbocycles. The van der Waals surface area contributed by atoms with E-state index in [1.54, 1.807) is 56.8 Å². The second kappa shape index (κ2) is 10.0. The lowest BCUT2D eigenvalue weighted by molar-refractivity contribution is -0.111. The number of carbonyl (C=O) groups excluding carboxylic acids is 2. The van der Waals surface area contributed by atoms with Crippen molar-refractivity contribution in [1.29, 1.82) is 0 Å². The zero-order valence-electron chi connectivity index (χ0n) is 16.9. The van der Waals surface area contributed by atoms with Crippen molar-refractivity contribution in [2.75, 3.05) is 19.4 Å². The third-order valence-electron chi connectivity index (χ3n) is 4.27. The number of hydrogen-bond donors (Lipinski definition) is 1. The van der Waals surface area contributed by atoms with Gasteiger partial charge in [0.1, 0.15) is 12.4 Å². The number of amides is 2. The van der Waals surface area contributed by atoms with Crippen LogP contribution in [0.1, 0.15) is 21.5 Å². The molecule has 1 heterocycles. The first kappa shape index (κ1) is 20.8. The fourth-order valence-corrected chi connectivity index (χ4v) is 2.63. The van der Waals surface area contributed by atoms with Gasteiger partial charge in [0.2, 0.25) is 5.91 Å². The van der Waals surface area contributed by atoms with Crippen LogP contribution < -0.4 is 10.1 Å². The number of benzene rings is 2. The summed E-state index contributed by atoms with van der Waals surface area (Å²) in [6, 6.07) is 18.1. The quantitative estimate of drug-likeness (QED) is 0.607. The highest BCUT2D eigenvalue weighted by Crippen LogP contribution is 2.15. The average molecular weight is 401 g/mol. The summed E-state index contributed by atoms with van der Waals surface area (Å²) in [5.74, 6) is 0.418. The van der Waals surface area contributed by atoms with Crippen LogP contribution in [0, 0.1) is 0 Å². The van der Waals surface area contributed by atoms with Crippen LogP contribution in [-0.4, -0.2) is 35.8 Å². The van der Waals surface area contributed by atoms with Crippen LogP contribution in [0.15, 0.2) is 79.1 Å². The number of nitrogens with one attached hydrogen (secondary N) is 1. The smallest absolute Gasteiger partial charge is 0.253 e. The van der Waals surface area contributed by atoms with Gasteiger partial charge in [0.25, 0.3) is 5.91 Å². The summed E-state index contributed by atoms with van der Waals surface area (Å²) in [6.45, 7) is 0.471. The minimum atomic E-state index is -0.250. The zero-order chi connectivity index (χ0) is 21.3. The monoisotopic (exact) mass is 401 g/mol. The molecular formula is C24H23N3O3. The van der Waals surface area contributed by atoms with Crippen molar-refractivity contribution in [2.45, 2.75) is 6.61 Å². The van der Waals surface area contributed by atoms with Crippen molar-refractivity contribution < 1.29 is 14.3 Å². The second-order valence-electron chi connectivity index (χ2n) is 6.81. The Morgan fingerprint density at radius 1 is 0.967 bits per heavy atom. The van der Waals surface area contributed by atoms with Gasteiger partial charge < -0.3 is 15.0 Å². The van der Waals surface area contributed by atoms with Gasteiger partial charge in [-0.3, -0.25) is 14.6 Å². The van der Waals surface area contributed by atoms with Crippen LogP contribution in [-0.2, 0) is 11.4 Å². The maximum absolute atomic E-state index is 12.1. The lowest BCUT2D eigenvalue weighted by Gasteiger charge is -2.10. The van der Waals surface area contributed by atoms with Crippen molar-refractivity contribution >= 4 is 23.6 Å². The van der Waals surface area contributed by atoms with Crippen molar-refractivity contribution in [2.24, 2.45) is 0 Å². The van der Waals surface area contributed by atoms with E-state index in [4.69, 9.17) is 4.74 Å². The predicted molar refractivity (Wildman–Crippen MR) is 117 cm³/mol. The fourth-order valence-electron chi connectivity index (χ4n) is 2.63. The molecule has 6 nitrogen and oxygen atoms in total. The van der Waals surface area contributed by atoms with Gasteiger partial charge in [-0.05, 0) is 65.7 Å². The molecule has 0 aliphatic rings. The van der Waals surface area contributed by atoms with Crippen LogP contribution in [0.2, 0.25) is 0 Å². The standard InChI is InChI=1S/C24H23N3O3/c1-27(2)24(29)20-6-8-21(9-7-20)26-23(28)12-5-18-3-10-22(11-4-18)30-17-19-13-15-25-16-14-19/h3-16H,17H2,1-2H3,(H,26,28). The highest BCUT2D eigenvalue weighted by Gasteiger charge is 2.07. The lowest BCUT2D eigenvalue weighted by atomic mass is 10.2. The van der Waals surface area contributed by atoms with Crippen LogP contribution >= 0.6 is 0 Å². The summed E-state index contributed by atoms with van der Waals surface area (Å²) < 4.78 is 5.73. The van der Waals surface area contributed by atoms with E-state index in [0.717, 1.165) is 16.9 Å². The van der Waals surface area contributed by atoms with E-state index in [1.807, 2.05) is 36.4 Å². The summed E-state index contributed by atoms with van der Waals surface area (Å²) in [4.78, 5) is 29.5. The van der Waals surface area contributed by atoms with Gasteiger partial charge in [-0.2, -0.15) is 0 Å². The fraction of sp³-hybridized carbons (Fsp3) is 0.125. The van der Waals surface area contributed by atoms with E-state index in [-0.39, 0.29) is 11.8 Å². The summed E-state index contributed by atoms with van der Waals surface area (Å²) in [5.41, 5.74) is 3.12. The van der Waals surface area contributed by atoms with Crippen molar-refractivity contribution in [3.8, 4) is 5.75 Å². The van der Waals surface area contributed by atoms with Crippen LogP contribution in [0.3, 0.4) is 0 Å². The molecule has 152 valence electrons. The van der Waals surface area contributed by atoms with E-state index in [9.17, 15) is 9.59 Å². The van der Waals surface area contributed by atoms with E-state index in [1.165, 1.54) is 11.0 Å². The molecule has 2 aromatic carbocycles. The Bertz CT molecular complexity index is 1010. The van der Waals surface area contributed by atoms with Gasteiger partial charge in [0.15, 0.2) is 0 Å². The topological polar surface area (TPSA) is 71.5 Å². The Morgan fingerprint density at radius 3 is 2.27 bits per heavy atom. The largest absolute Gasteiger partial charge is 0.489 e.